The van der Waals surface area contributed by atoms with Gasteiger partial charge in [-0.25, -0.2) is 0 Å². The molecule has 0 saturated carbocycles. The number of hydrogen-bond donors (Lipinski definition) is 1. The van der Waals surface area contributed by atoms with Crippen LogP contribution < -0.4 is 5.32 Å². The Morgan fingerprint density at radius 1 is 1.40 bits per heavy atom. The Kier molecular flexibility index (Phi) is 6.49. The molecule has 0 bridgehead atoms. The Bertz CT molecular complexity index is 390. The first-order valence-electron chi connectivity index (χ1n) is 7.47. The second-order valence-electron chi connectivity index (χ2n) is 5.45. The Morgan fingerprint density at radius 3 is 2.75 bits per heavy atom. The maximum atomic E-state index is 5.47. The smallest absolute Gasteiger partial charge is 0.0622 e. The fourth-order valence-electron chi connectivity index (χ4n) is 2.71. The lowest BCUT2D eigenvalue weighted by Crippen LogP contribution is -2.35. The van der Waals surface area contributed by atoms with Crippen molar-refractivity contribution in [1.82, 2.24) is 10.2 Å². The quantitative estimate of drug-likeness (QED) is 0.824. The Labute approximate surface area is 130 Å². The molecule has 0 radical (unpaired) electrons. The van der Waals surface area contributed by atoms with Crippen LogP contribution in [0.1, 0.15) is 31.4 Å². The SMILES string of the molecule is CCNC(CCN(C)C1CCOC1)c1ccc(Br)cc1. The second-order valence-corrected chi connectivity index (χ2v) is 6.36. The molecule has 0 aliphatic carbocycles. The van der Waals surface area contributed by atoms with Crippen LogP contribution in [-0.2, 0) is 4.74 Å². The van der Waals surface area contributed by atoms with Crippen LogP contribution in [0.15, 0.2) is 28.7 Å². The third kappa shape index (κ3) is 4.55. The van der Waals surface area contributed by atoms with Gasteiger partial charge in [0.2, 0.25) is 0 Å². The number of likely N-dealkylation sites (N-methyl/N-ethyl adjacent to an activating group) is 1. The molecule has 1 N–H and O–H groups in total. The van der Waals surface area contributed by atoms with Gasteiger partial charge in [0.1, 0.15) is 0 Å². The molecule has 0 aromatic heterocycles. The van der Waals surface area contributed by atoms with E-state index in [1.54, 1.807) is 0 Å². The highest BCUT2D eigenvalue weighted by Crippen LogP contribution is 2.21. The zero-order chi connectivity index (χ0) is 14.4. The Hall–Kier alpha value is -0.420. The Morgan fingerprint density at radius 2 is 2.15 bits per heavy atom. The van der Waals surface area contributed by atoms with E-state index >= 15 is 0 Å². The molecule has 1 heterocycles. The summed E-state index contributed by atoms with van der Waals surface area (Å²) in [6.07, 6.45) is 2.29. The van der Waals surface area contributed by atoms with Crippen LogP contribution in [0.4, 0.5) is 0 Å². The van der Waals surface area contributed by atoms with Gasteiger partial charge in [-0.05, 0) is 44.1 Å². The summed E-state index contributed by atoms with van der Waals surface area (Å²) in [6.45, 7) is 6.07. The number of rotatable bonds is 7. The van der Waals surface area contributed by atoms with E-state index in [2.05, 4.69) is 64.4 Å². The van der Waals surface area contributed by atoms with E-state index in [-0.39, 0.29) is 0 Å². The van der Waals surface area contributed by atoms with Gasteiger partial charge in [-0.1, -0.05) is 35.0 Å². The fraction of sp³-hybridized carbons (Fsp3) is 0.625. The molecule has 2 rings (SSSR count). The van der Waals surface area contributed by atoms with Crippen molar-refractivity contribution >= 4 is 15.9 Å². The van der Waals surface area contributed by atoms with Gasteiger partial charge in [0.25, 0.3) is 0 Å². The van der Waals surface area contributed by atoms with Crippen molar-refractivity contribution in [1.29, 1.82) is 0 Å². The van der Waals surface area contributed by atoms with Crippen LogP contribution >= 0.6 is 15.9 Å². The predicted molar refractivity (Wildman–Crippen MR) is 87.0 cm³/mol. The topological polar surface area (TPSA) is 24.5 Å². The van der Waals surface area contributed by atoms with E-state index in [0.29, 0.717) is 12.1 Å². The first kappa shape index (κ1) is 16.0. The molecule has 1 aliphatic rings. The van der Waals surface area contributed by atoms with Crippen LogP contribution in [0, 0.1) is 0 Å². The van der Waals surface area contributed by atoms with Crippen molar-refractivity contribution in [2.24, 2.45) is 0 Å². The normalized spacial score (nSPS) is 20.5. The van der Waals surface area contributed by atoms with E-state index < -0.39 is 0 Å². The van der Waals surface area contributed by atoms with Crippen molar-refractivity contribution in [3.63, 3.8) is 0 Å². The lowest BCUT2D eigenvalue weighted by Gasteiger charge is -2.26. The molecule has 1 aromatic carbocycles. The summed E-state index contributed by atoms with van der Waals surface area (Å²) in [5, 5.41) is 3.59. The van der Waals surface area contributed by atoms with E-state index in [1.165, 1.54) is 12.0 Å². The molecule has 0 spiro atoms. The maximum Gasteiger partial charge on any atom is 0.0622 e. The summed E-state index contributed by atoms with van der Waals surface area (Å²) in [7, 11) is 2.21. The molecule has 112 valence electrons. The van der Waals surface area contributed by atoms with Crippen LogP contribution in [-0.4, -0.2) is 44.3 Å². The average molecular weight is 341 g/mol. The second kappa shape index (κ2) is 8.13. The molecule has 1 fully saturated rings. The fourth-order valence-corrected chi connectivity index (χ4v) is 2.98. The van der Waals surface area contributed by atoms with Gasteiger partial charge < -0.3 is 15.0 Å². The van der Waals surface area contributed by atoms with Gasteiger partial charge in [-0.15, -0.1) is 0 Å². The summed E-state index contributed by atoms with van der Waals surface area (Å²) in [5.41, 5.74) is 1.37. The number of hydrogen-bond acceptors (Lipinski definition) is 3. The summed E-state index contributed by atoms with van der Waals surface area (Å²) < 4.78 is 6.60. The van der Waals surface area contributed by atoms with Crippen LogP contribution in [0.2, 0.25) is 0 Å². The van der Waals surface area contributed by atoms with Crippen molar-refractivity contribution in [2.75, 3.05) is 33.4 Å². The van der Waals surface area contributed by atoms with E-state index in [4.69, 9.17) is 4.74 Å². The minimum Gasteiger partial charge on any atom is -0.380 e. The molecular formula is C16H25BrN2O. The van der Waals surface area contributed by atoms with Gasteiger partial charge in [-0.3, -0.25) is 0 Å². The van der Waals surface area contributed by atoms with Gasteiger partial charge >= 0.3 is 0 Å². The van der Waals surface area contributed by atoms with Crippen molar-refractivity contribution in [2.45, 2.75) is 31.8 Å². The molecule has 2 atom stereocenters. The summed E-state index contributed by atoms with van der Waals surface area (Å²) in [5.74, 6) is 0. The van der Waals surface area contributed by atoms with Gasteiger partial charge in [0.15, 0.2) is 0 Å². The molecular weight excluding hydrogens is 316 g/mol. The number of benzene rings is 1. The first-order chi connectivity index (χ1) is 9.70. The maximum absolute atomic E-state index is 5.47. The summed E-state index contributed by atoms with van der Waals surface area (Å²) in [4.78, 5) is 2.44. The zero-order valence-electron chi connectivity index (χ0n) is 12.4. The zero-order valence-corrected chi connectivity index (χ0v) is 14.0. The summed E-state index contributed by atoms with van der Waals surface area (Å²) >= 11 is 3.50. The number of nitrogens with one attached hydrogen (secondary N) is 1. The highest BCUT2D eigenvalue weighted by molar-refractivity contribution is 9.10. The molecule has 2 unspecified atom stereocenters. The minimum absolute atomic E-state index is 0.429. The molecule has 20 heavy (non-hydrogen) atoms. The highest BCUT2D eigenvalue weighted by Gasteiger charge is 2.21. The number of halogens is 1. The van der Waals surface area contributed by atoms with Gasteiger partial charge in [0.05, 0.1) is 6.61 Å². The largest absolute Gasteiger partial charge is 0.380 e. The van der Waals surface area contributed by atoms with Gasteiger partial charge in [-0.2, -0.15) is 0 Å². The van der Waals surface area contributed by atoms with E-state index in [1.807, 2.05) is 0 Å². The van der Waals surface area contributed by atoms with Crippen LogP contribution in [0.5, 0.6) is 0 Å². The monoisotopic (exact) mass is 340 g/mol. The molecule has 1 aliphatic heterocycles. The van der Waals surface area contributed by atoms with E-state index in [0.717, 1.165) is 37.2 Å². The standard InChI is InChI=1S/C16H25BrN2O/c1-3-18-16(13-4-6-14(17)7-5-13)8-10-19(2)15-9-11-20-12-15/h4-7,15-16,18H,3,8-12H2,1-2H3. The average Bonchev–Trinajstić information content (AvgIpc) is 2.98. The number of ether oxygens (including phenoxy) is 1. The van der Waals surface area contributed by atoms with E-state index in [9.17, 15) is 0 Å². The third-order valence-corrected chi connectivity index (χ3v) is 4.55. The minimum atomic E-state index is 0.429. The lowest BCUT2D eigenvalue weighted by molar-refractivity contribution is 0.156. The number of nitrogens with zero attached hydrogens (tertiary/aromatic N) is 1. The van der Waals surface area contributed by atoms with Crippen molar-refractivity contribution in [3.05, 3.63) is 34.3 Å². The van der Waals surface area contributed by atoms with Crippen molar-refractivity contribution < 1.29 is 4.74 Å². The third-order valence-electron chi connectivity index (χ3n) is 4.02. The lowest BCUT2D eigenvalue weighted by atomic mass is 10.0. The van der Waals surface area contributed by atoms with Crippen molar-refractivity contribution in [3.8, 4) is 0 Å². The van der Waals surface area contributed by atoms with Gasteiger partial charge in [0, 0.05) is 29.7 Å². The summed E-state index contributed by atoms with van der Waals surface area (Å²) in [6, 6.07) is 9.68. The van der Waals surface area contributed by atoms with Crippen LogP contribution in [0.25, 0.3) is 0 Å². The molecule has 1 saturated heterocycles. The molecule has 3 nitrogen and oxygen atoms in total. The molecule has 0 amide bonds. The Balaban J connectivity index is 1.89. The molecule has 1 aromatic rings. The highest BCUT2D eigenvalue weighted by atomic mass is 79.9. The first-order valence-corrected chi connectivity index (χ1v) is 8.27. The predicted octanol–water partition coefficient (Wildman–Crippen LogP) is 3.21. The molecule has 4 heteroatoms. The van der Waals surface area contributed by atoms with Crippen LogP contribution in [0.3, 0.4) is 0 Å².